The lowest BCUT2D eigenvalue weighted by atomic mass is 9.71. The second-order valence-corrected chi connectivity index (χ2v) is 6.67. The van der Waals surface area contributed by atoms with Crippen LogP contribution in [-0.4, -0.2) is 22.1 Å². The van der Waals surface area contributed by atoms with Crippen molar-refractivity contribution in [3.8, 4) is 0 Å². The number of hydrogen-bond acceptors (Lipinski definition) is 2. The Balaban J connectivity index is 1.65. The summed E-state index contributed by atoms with van der Waals surface area (Å²) in [4.78, 5) is 4.06. The highest BCUT2D eigenvalue weighted by Gasteiger charge is 2.29. The molecule has 0 saturated heterocycles. The third-order valence-electron chi connectivity index (χ3n) is 4.31. The fraction of sp³-hybridized carbons (Fsp3) is 0.800. The van der Waals surface area contributed by atoms with Crippen LogP contribution in [0.1, 0.15) is 46.5 Å². The van der Waals surface area contributed by atoms with E-state index in [1.54, 1.807) is 0 Å². The summed E-state index contributed by atoms with van der Waals surface area (Å²) in [6.07, 6.45) is 11.2. The van der Waals surface area contributed by atoms with Crippen LogP contribution in [0.4, 0.5) is 0 Å². The van der Waals surface area contributed by atoms with Crippen molar-refractivity contribution in [2.75, 3.05) is 6.54 Å². The molecule has 1 aliphatic carbocycles. The molecule has 1 aromatic heterocycles. The van der Waals surface area contributed by atoms with Crippen molar-refractivity contribution >= 4 is 0 Å². The normalized spacial score (nSPS) is 25.3. The highest BCUT2D eigenvalue weighted by Crippen LogP contribution is 2.37. The van der Waals surface area contributed by atoms with Crippen molar-refractivity contribution in [2.24, 2.45) is 11.3 Å². The number of nitrogens with zero attached hydrogens (tertiary/aromatic N) is 2. The van der Waals surface area contributed by atoms with E-state index in [0.717, 1.165) is 25.0 Å². The number of nitrogens with one attached hydrogen (secondary N) is 1. The summed E-state index contributed by atoms with van der Waals surface area (Å²) in [5, 5.41) is 3.68. The van der Waals surface area contributed by atoms with Crippen LogP contribution < -0.4 is 5.32 Å². The smallest absolute Gasteiger partial charge is 0.0946 e. The van der Waals surface area contributed by atoms with Gasteiger partial charge in [0, 0.05) is 31.5 Å². The zero-order chi connectivity index (χ0) is 13.0. The first-order valence-electron chi connectivity index (χ1n) is 7.25. The number of hydrogen-bond donors (Lipinski definition) is 1. The molecule has 1 heterocycles. The second-order valence-electron chi connectivity index (χ2n) is 6.67. The van der Waals surface area contributed by atoms with Gasteiger partial charge in [-0.1, -0.05) is 20.8 Å². The predicted molar refractivity (Wildman–Crippen MR) is 75.4 cm³/mol. The molecule has 0 aliphatic heterocycles. The highest BCUT2D eigenvalue weighted by atomic mass is 15.0. The van der Waals surface area contributed by atoms with Crippen molar-refractivity contribution in [3.05, 3.63) is 18.7 Å². The van der Waals surface area contributed by atoms with Gasteiger partial charge in [-0.25, -0.2) is 4.98 Å². The third-order valence-corrected chi connectivity index (χ3v) is 4.31. The molecule has 0 atom stereocenters. The van der Waals surface area contributed by atoms with Crippen LogP contribution >= 0.6 is 0 Å². The van der Waals surface area contributed by atoms with Crippen molar-refractivity contribution in [1.82, 2.24) is 14.9 Å². The molecule has 1 aliphatic rings. The maximum Gasteiger partial charge on any atom is 0.0946 e. The molecule has 102 valence electrons. The number of imidazole rings is 1. The molecule has 0 radical (unpaired) electrons. The molecular weight excluding hydrogens is 222 g/mol. The van der Waals surface area contributed by atoms with Crippen molar-refractivity contribution in [1.29, 1.82) is 0 Å². The number of rotatable bonds is 4. The van der Waals surface area contributed by atoms with Crippen LogP contribution in [-0.2, 0) is 6.54 Å². The van der Waals surface area contributed by atoms with Crippen LogP contribution in [0.15, 0.2) is 18.7 Å². The lowest BCUT2D eigenvalue weighted by Gasteiger charge is -2.37. The van der Waals surface area contributed by atoms with Gasteiger partial charge < -0.3 is 9.88 Å². The van der Waals surface area contributed by atoms with E-state index in [1.165, 1.54) is 25.7 Å². The molecule has 3 heteroatoms. The SMILES string of the molecule is CC(C)(C)C1CCC(NCCn2ccnc2)CC1. The van der Waals surface area contributed by atoms with Crippen LogP contribution in [0.2, 0.25) is 0 Å². The Bertz CT molecular complexity index is 329. The van der Waals surface area contributed by atoms with Crippen LogP contribution in [0.3, 0.4) is 0 Å². The Morgan fingerprint density at radius 1 is 1.22 bits per heavy atom. The van der Waals surface area contributed by atoms with E-state index in [0.29, 0.717) is 5.41 Å². The van der Waals surface area contributed by atoms with Gasteiger partial charge in [-0.15, -0.1) is 0 Å². The van der Waals surface area contributed by atoms with E-state index in [-0.39, 0.29) is 0 Å². The van der Waals surface area contributed by atoms with E-state index in [9.17, 15) is 0 Å². The summed E-state index contributed by atoms with van der Waals surface area (Å²) in [5.41, 5.74) is 0.488. The zero-order valence-electron chi connectivity index (χ0n) is 12.0. The van der Waals surface area contributed by atoms with Gasteiger partial charge in [0.15, 0.2) is 0 Å². The summed E-state index contributed by atoms with van der Waals surface area (Å²) in [5.74, 6) is 0.907. The maximum absolute atomic E-state index is 4.06. The molecule has 1 saturated carbocycles. The Kier molecular flexibility index (Phi) is 4.44. The van der Waals surface area contributed by atoms with E-state index in [2.05, 4.69) is 35.6 Å². The van der Waals surface area contributed by atoms with Gasteiger partial charge in [-0.2, -0.15) is 0 Å². The minimum absolute atomic E-state index is 0.488. The monoisotopic (exact) mass is 249 g/mol. The van der Waals surface area contributed by atoms with Gasteiger partial charge in [0.1, 0.15) is 0 Å². The summed E-state index contributed by atoms with van der Waals surface area (Å²) < 4.78 is 2.13. The van der Waals surface area contributed by atoms with Crippen LogP contribution in [0.5, 0.6) is 0 Å². The molecule has 3 nitrogen and oxygen atoms in total. The quantitative estimate of drug-likeness (QED) is 0.888. The molecule has 1 N–H and O–H groups in total. The molecule has 0 spiro atoms. The van der Waals surface area contributed by atoms with E-state index in [4.69, 9.17) is 0 Å². The summed E-state index contributed by atoms with van der Waals surface area (Å²) >= 11 is 0. The first kappa shape index (κ1) is 13.6. The summed E-state index contributed by atoms with van der Waals surface area (Å²) in [6, 6.07) is 0.729. The molecule has 18 heavy (non-hydrogen) atoms. The second kappa shape index (κ2) is 5.87. The fourth-order valence-corrected chi connectivity index (χ4v) is 2.98. The predicted octanol–water partition coefficient (Wildman–Crippen LogP) is 3.08. The average molecular weight is 249 g/mol. The molecule has 0 unspecified atom stereocenters. The maximum atomic E-state index is 4.06. The summed E-state index contributed by atoms with van der Waals surface area (Å²) in [6.45, 7) is 9.22. The van der Waals surface area contributed by atoms with Gasteiger partial charge >= 0.3 is 0 Å². The van der Waals surface area contributed by atoms with Gasteiger partial charge in [-0.05, 0) is 37.0 Å². The lowest BCUT2D eigenvalue weighted by Crippen LogP contribution is -2.37. The minimum atomic E-state index is 0.488. The molecule has 0 bridgehead atoms. The largest absolute Gasteiger partial charge is 0.336 e. The molecular formula is C15H27N3. The minimum Gasteiger partial charge on any atom is -0.336 e. The Morgan fingerprint density at radius 3 is 2.50 bits per heavy atom. The van der Waals surface area contributed by atoms with E-state index in [1.807, 2.05) is 18.7 Å². The van der Waals surface area contributed by atoms with E-state index < -0.39 is 0 Å². The summed E-state index contributed by atoms with van der Waals surface area (Å²) in [7, 11) is 0. The molecule has 1 aromatic rings. The topological polar surface area (TPSA) is 29.9 Å². The van der Waals surface area contributed by atoms with Gasteiger partial charge in [-0.3, -0.25) is 0 Å². The lowest BCUT2D eigenvalue weighted by molar-refractivity contribution is 0.160. The zero-order valence-corrected chi connectivity index (χ0v) is 12.0. The van der Waals surface area contributed by atoms with Crippen LogP contribution in [0.25, 0.3) is 0 Å². The first-order chi connectivity index (χ1) is 8.55. The van der Waals surface area contributed by atoms with Crippen LogP contribution in [0, 0.1) is 11.3 Å². The highest BCUT2D eigenvalue weighted by molar-refractivity contribution is 4.83. The number of aromatic nitrogens is 2. The van der Waals surface area contributed by atoms with Crippen molar-refractivity contribution in [2.45, 2.75) is 59.0 Å². The molecule has 2 rings (SSSR count). The Hall–Kier alpha value is -0.830. The average Bonchev–Trinajstić information content (AvgIpc) is 2.82. The Morgan fingerprint density at radius 2 is 1.94 bits per heavy atom. The Labute approximate surface area is 111 Å². The third kappa shape index (κ3) is 3.84. The molecule has 1 fully saturated rings. The molecule has 0 aromatic carbocycles. The van der Waals surface area contributed by atoms with Crippen molar-refractivity contribution < 1.29 is 0 Å². The van der Waals surface area contributed by atoms with Gasteiger partial charge in [0.2, 0.25) is 0 Å². The first-order valence-corrected chi connectivity index (χ1v) is 7.25. The molecule has 0 amide bonds. The van der Waals surface area contributed by atoms with Gasteiger partial charge in [0.05, 0.1) is 6.33 Å². The van der Waals surface area contributed by atoms with Gasteiger partial charge in [0.25, 0.3) is 0 Å². The van der Waals surface area contributed by atoms with Crippen molar-refractivity contribution in [3.63, 3.8) is 0 Å². The van der Waals surface area contributed by atoms with E-state index >= 15 is 0 Å². The fourth-order valence-electron chi connectivity index (χ4n) is 2.98. The standard InChI is InChI=1S/C15H27N3/c1-15(2,3)13-4-6-14(7-5-13)17-9-11-18-10-8-16-12-18/h8,10,12-14,17H,4-7,9,11H2,1-3H3.